The molecular weight excluding hydrogens is 456 g/mol. The number of aryl methyl sites for hydroxylation is 1. The zero-order chi connectivity index (χ0) is 25.3. The van der Waals surface area contributed by atoms with Crippen LogP contribution in [-0.4, -0.2) is 38.1 Å². The molecule has 1 fully saturated rings. The van der Waals surface area contributed by atoms with Crippen LogP contribution in [-0.2, 0) is 10.2 Å². The zero-order valence-electron chi connectivity index (χ0n) is 19.8. The SMILES string of the molecule is Cc1cn([C@H]2C[C@H](O)[C@H](C(O)C(c3ccccc3)(c3ccccc3)c3ccccc3)O2)c(=O)[nH]c1=O. The van der Waals surface area contributed by atoms with E-state index in [0.717, 1.165) is 16.7 Å². The Labute approximate surface area is 208 Å². The molecular formula is C29H28N2O5. The Hall–Kier alpha value is -3.78. The van der Waals surface area contributed by atoms with Gasteiger partial charge in [-0.3, -0.25) is 14.3 Å². The summed E-state index contributed by atoms with van der Waals surface area (Å²) >= 11 is 0. The minimum Gasteiger partial charge on any atom is -0.390 e. The third kappa shape index (κ3) is 4.01. The molecule has 0 bridgehead atoms. The van der Waals surface area contributed by atoms with Gasteiger partial charge in [0.25, 0.3) is 5.56 Å². The number of nitrogens with one attached hydrogen (secondary N) is 1. The van der Waals surface area contributed by atoms with Crippen molar-refractivity contribution in [3.05, 3.63) is 140 Å². The van der Waals surface area contributed by atoms with Crippen LogP contribution in [0, 0.1) is 6.92 Å². The van der Waals surface area contributed by atoms with Gasteiger partial charge in [-0.15, -0.1) is 0 Å². The minimum atomic E-state index is -1.22. The van der Waals surface area contributed by atoms with Gasteiger partial charge in [0.2, 0.25) is 0 Å². The third-order valence-corrected chi connectivity index (χ3v) is 7.03. The van der Waals surface area contributed by atoms with Crippen molar-refractivity contribution in [2.75, 3.05) is 0 Å². The average molecular weight is 485 g/mol. The fraction of sp³-hybridized carbons (Fsp3) is 0.241. The summed E-state index contributed by atoms with van der Waals surface area (Å²) in [5, 5.41) is 23.3. The number of rotatable bonds is 6. The van der Waals surface area contributed by atoms with Crippen LogP contribution >= 0.6 is 0 Å². The van der Waals surface area contributed by atoms with Gasteiger partial charge >= 0.3 is 5.69 Å². The lowest BCUT2D eigenvalue weighted by molar-refractivity contribution is -0.0976. The van der Waals surface area contributed by atoms with E-state index in [0.29, 0.717) is 5.56 Å². The van der Waals surface area contributed by atoms with Crippen molar-refractivity contribution < 1.29 is 14.9 Å². The molecule has 184 valence electrons. The van der Waals surface area contributed by atoms with E-state index < -0.39 is 41.2 Å². The molecule has 0 radical (unpaired) electrons. The molecule has 1 aliphatic rings. The van der Waals surface area contributed by atoms with Crippen molar-refractivity contribution in [3.8, 4) is 0 Å². The van der Waals surface area contributed by atoms with Crippen LogP contribution in [0.25, 0.3) is 0 Å². The largest absolute Gasteiger partial charge is 0.390 e. The first-order valence-electron chi connectivity index (χ1n) is 11.9. The van der Waals surface area contributed by atoms with E-state index in [1.807, 2.05) is 91.0 Å². The quantitative estimate of drug-likeness (QED) is 0.365. The highest BCUT2D eigenvalue weighted by Crippen LogP contribution is 2.46. The van der Waals surface area contributed by atoms with Crippen LogP contribution in [0.5, 0.6) is 0 Å². The second-order valence-electron chi connectivity index (χ2n) is 9.19. The molecule has 1 aliphatic heterocycles. The van der Waals surface area contributed by atoms with Gasteiger partial charge in [-0.2, -0.15) is 0 Å². The Kier molecular flexibility index (Phi) is 6.45. The molecule has 1 saturated heterocycles. The molecule has 0 amide bonds. The summed E-state index contributed by atoms with van der Waals surface area (Å²) in [5.41, 5.74) is 0.699. The van der Waals surface area contributed by atoms with Crippen LogP contribution in [0.4, 0.5) is 0 Å². The first-order chi connectivity index (χ1) is 17.4. The molecule has 3 aromatic carbocycles. The van der Waals surface area contributed by atoms with Gasteiger partial charge in [0, 0.05) is 18.2 Å². The molecule has 36 heavy (non-hydrogen) atoms. The molecule has 3 N–H and O–H groups in total. The fourth-order valence-electron chi connectivity index (χ4n) is 5.29. The smallest absolute Gasteiger partial charge is 0.330 e. The molecule has 7 heteroatoms. The van der Waals surface area contributed by atoms with Crippen molar-refractivity contribution in [1.29, 1.82) is 0 Å². The molecule has 1 aromatic heterocycles. The molecule has 0 spiro atoms. The van der Waals surface area contributed by atoms with E-state index >= 15 is 0 Å². The first-order valence-corrected chi connectivity index (χ1v) is 11.9. The Morgan fingerprint density at radius 1 is 0.889 bits per heavy atom. The van der Waals surface area contributed by atoms with Crippen molar-refractivity contribution in [3.63, 3.8) is 0 Å². The fourth-order valence-corrected chi connectivity index (χ4v) is 5.29. The van der Waals surface area contributed by atoms with Gasteiger partial charge in [-0.1, -0.05) is 91.0 Å². The lowest BCUT2D eigenvalue weighted by atomic mass is 9.64. The number of aliphatic hydroxyl groups excluding tert-OH is 2. The number of aromatic amines is 1. The number of benzene rings is 3. The number of H-pyrrole nitrogens is 1. The number of aliphatic hydroxyl groups is 2. The molecule has 4 atom stereocenters. The number of nitrogens with zero attached hydrogens (tertiary/aromatic N) is 1. The van der Waals surface area contributed by atoms with Gasteiger partial charge in [-0.25, -0.2) is 4.79 Å². The number of aromatic nitrogens is 2. The minimum absolute atomic E-state index is 0.0849. The van der Waals surface area contributed by atoms with Crippen LogP contribution in [0.15, 0.2) is 107 Å². The Bertz CT molecular complexity index is 1340. The average Bonchev–Trinajstić information content (AvgIpc) is 3.29. The van der Waals surface area contributed by atoms with Gasteiger partial charge < -0.3 is 14.9 Å². The topological polar surface area (TPSA) is 105 Å². The van der Waals surface area contributed by atoms with E-state index in [9.17, 15) is 19.8 Å². The molecule has 4 aromatic rings. The number of hydrogen-bond acceptors (Lipinski definition) is 5. The molecule has 7 nitrogen and oxygen atoms in total. The summed E-state index contributed by atoms with van der Waals surface area (Å²) in [5.74, 6) is 0. The molecule has 0 aliphatic carbocycles. The highest BCUT2D eigenvalue weighted by molar-refractivity contribution is 5.52. The van der Waals surface area contributed by atoms with Crippen LogP contribution in [0.3, 0.4) is 0 Å². The maximum atomic E-state index is 12.5. The van der Waals surface area contributed by atoms with Crippen molar-refractivity contribution in [1.82, 2.24) is 9.55 Å². The summed E-state index contributed by atoms with van der Waals surface area (Å²) in [7, 11) is 0. The molecule has 1 unspecified atom stereocenters. The van der Waals surface area contributed by atoms with Gasteiger partial charge in [0.05, 0.1) is 11.5 Å². The maximum absolute atomic E-state index is 12.5. The van der Waals surface area contributed by atoms with E-state index in [2.05, 4.69) is 4.98 Å². The van der Waals surface area contributed by atoms with Crippen LogP contribution < -0.4 is 11.2 Å². The van der Waals surface area contributed by atoms with Crippen molar-refractivity contribution in [2.45, 2.75) is 43.3 Å². The monoisotopic (exact) mass is 484 g/mol. The normalized spacial score (nSPS) is 20.8. The summed E-state index contributed by atoms with van der Waals surface area (Å²) in [6.45, 7) is 1.59. The Morgan fingerprint density at radius 3 is 1.83 bits per heavy atom. The van der Waals surface area contributed by atoms with E-state index in [4.69, 9.17) is 4.74 Å². The summed E-state index contributed by atoms with van der Waals surface area (Å²) < 4.78 is 7.47. The summed E-state index contributed by atoms with van der Waals surface area (Å²) in [6.07, 6.45) is -2.63. The number of hydrogen-bond donors (Lipinski definition) is 3. The highest BCUT2D eigenvalue weighted by atomic mass is 16.5. The lowest BCUT2D eigenvalue weighted by Crippen LogP contribution is -2.51. The predicted octanol–water partition coefficient (Wildman–Crippen LogP) is 2.89. The second kappa shape index (κ2) is 9.70. The summed E-state index contributed by atoms with van der Waals surface area (Å²) in [6, 6.07) is 29.0. The Balaban J connectivity index is 1.66. The highest BCUT2D eigenvalue weighted by Gasteiger charge is 2.52. The second-order valence-corrected chi connectivity index (χ2v) is 9.19. The molecule has 0 saturated carbocycles. The molecule has 5 rings (SSSR count). The van der Waals surface area contributed by atoms with Crippen LogP contribution in [0.1, 0.15) is 34.9 Å². The van der Waals surface area contributed by atoms with Crippen molar-refractivity contribution >= 4 is 0 Å². The predicted molar refractivity (Wildman–Crippen MR) is 136 cm³/mol. The first kappa shape index (κ1) is 23.9. The number of ether oxygens (including phenoxy) is 1. The van der Waals surface area contributed by atoms with Gasteiger partial charge in [0.15, 0.2) is 0 Å². The third-order valence-electron chi connectivity index (χ3n) is 7.03. The lowest BCUT2D eigenvalue weighted by Gasteiger charge is -2.42. The van der Waals surface area contributed by atoms with Gasteiger partial charge in [0.1, 0.15) is 18.4 Å². The summed E-state index contributed by atoms with van der Waals surface area (Å²) in [4.78, 5) is 26.6. The maximum Gasteiger partial charge on any atom is 0.330 e. The van der Waals surface area contributed by atoms with E-state index in [1.165, 1.54) is 10.8 Å². The van der Waals surface area contributed by atoms with Gasteiger partial charge in [-0.05, 0) is 23.6 Å². The molecule has 2 heterocycles. The standard InChI is InChI=1S/C29H28N2O5/c1-19-18-31(28(35)30-27(19)34)24-17-23(32)25(36-24)26(33)29(20-11-5-2-6-12-20,21-13-7-3-8-14-21)22-15-9-4-10-16-22/h2-16,18,23-26,32-33H,17H2,1H3,(H,30,34,35)/t23-,24+,25+,26?/m0/s1. The Morgan fingerprint density at radius 2 is 1.36 bits per heavy atom. The van der Waals surface area contributed by atoms with Crippen molar-refractivity contribution in [2.24, 2.45) is 0 Å². The van der Waals surface area contributed by atoms with E-state index in [-0.39, 0.29) is 6.42 Å². The zero-order valence-corrected chi connectivity index (χ0v) is 19.8. The van der Waals surface area contributed by atoms with E-state index in [1.54, 1.807) is 6.92 Å². The van der Waals surface area contributed by atoms with Crippen LogP contribution in [0.2, 0.25) is 0 Å².